The highest BCUT2D eigenvalue weighted by Crippen LogP contribution is 2.22. The summed E-state index contributed by atoms with van der Waals surface area (Å²) in [7, 11) is -3.35. The molecule has 2 heterocycles. The number of rotatable bonds is 8. The first kappa shape index (κ1) is 19.5. The molecular formula is C19H26N2O3S2. The maximum absolute atomic E-state index is 12.2. The van der Waals surface area contributed by atoms with Crippen molar-refractivity contribution < 1.29 is 13.2 Å². The van der Waals surface area contributed by atoms with Gasteiger partial charge in [-0.3, -0.25) is 4.90 Å². The molecule has 7 heteroatoms. The molecule has 142 valence electrons. The van der Waals surface area contributed by atoms with Crippen molar-refractivity contribution in [3.8, 4) is 0 Å². The zero-order chi connectivity index (χ0) is 18.4. The molecular weight excluding hydrogens is 368 g/mol. The first-order chi connectivity index (χ1) is 12.5. The Bertz CT molecular complexity index is 790. The topological polar surface area (TPSA) is 58.6 Å². The number of sulfonamides is 1. The summed E-state index contributed by atoms with van der Waals surface area (Å²) in [4.78, 5) is 3.41. The van der Waals surface area contributed by atoms with Gasteiger partial charge in [-0.2, -0.15) is 0 Å². The molecule has 0 unspecified atom stereocenters. The molecule has 1 fully saturated rings. The highest BCUT2D eigenvalue weighted by atomic mass is 32.2. The molecule has 1 saturated heterocycles. The van der Waals surface area contributed by atoms with Crippen molar-refractivity contribution in [2.24, 2.45) is 0 Å². The van der Waals surface area contributed by atoms with Crippen molar-refractivity contribution in [3.63, 3.8) is 0 Å². The minimum absolute atomic E-state index is 0.130. The van der Waals surface area contributed by atoms with Gasteiger partial charge in [0.2, 0.25) is 10.0 Å². The van der Waals surface area contributed by atoms with Gasteiger partial charge in [0.05, 0.1) is 12.7 Å². The van der Waals surface area contributed by atoms with Crippen LogP contribution in [0.1, 0.15) is 29.4 Å². The number of benzene rings is 1. The Hall–Kier alpha value is -1.25. The van der Waals surface area contributed by atoms with Gasteiger partial charge in [0.15, 0.2) is 0 Å². The van der Waals surface area contributed by atoms with Gasteiger partial charge in [-0.25, -0.2) is 13.1 Å². The van der Waals surface area contributed by atoms with Gasteiger partial charge < -0.3 is 4.74 Å². The Balaban J connectivity index is 1.38. The van der Waals surface area contributed by atoms with E-state index in [9.17, 15) is 8.42 Å². The third-order valence-corrected chi connectivity index (χ3v) is 7.45. The maximum atomic E-state index is 12.2. The third kappa shape index (κ3) is 5.37. The van der Waals surface area contributed by atoms with E-state index in [0.717, 1.165) is 44.0 Å². The van der Waals surface area contributed by atoms with E-state index in [1.807, 2.05) is 31.2 Å². The number of aryl methyl sites for hydroxylation is 1. The second-order valence-corrected chi connectivity index (χ2v) is 9.82. The summed E-state index contributed by atoms with van der Waals surface area (Å²) in [5.74, 6) is 0. The third-order valence-electron chi connectivity index (χ3n) is 4.50. The molecule has 3 rings (SSSR count). The van der Waals surface area contributed by atoms with Gasteiger partial charge in [0, 0.05) is 24.5 Å². The van der Waals surface area contributed by atoms with Crippen LogP contribution in [0, 0.1) is 6.92 Å². The van der Waals surface area contributed by atoms with Crippen LogP contribution in [0.25, 0.3) is 0 Å². The van der Waals surface area contributed by atoms with Crippen molar-refractivity contribution in [2.45, 2.75) is 30.1 Å². The highest BCUT2D eigenvalue weighted by molar-refractivity contribution is 7.91. The van der Waals surface area contributed by atoms with Crippen molar-refractivity contribution >= 4 is 21.4 Å². The van der Waals surface area contributed by atoms with Crippen LogP contribution in [-0.2, 0) is 14.8 Å². The number of nitrogens with zero attached hydrogens (tertiary/aromatic N) is 1. The lowest BCUT2D eigenvalue weighted by Crippen LogP contribution is -2.39. The molecule has 0 spiro atoms. The molecule has 2 aromatic rings. The molecule has 1 aliphatic heterocycles. The average molecular weight is 395 g/mol. The van der Waals surface area contributed by atoms with E-state index in [1.165, 1.54) is 16.9 Å². The van der Waals surface area contributed by atoms with Crippen LogP contribution in [0.15, 0.2) is 46.7 Å². The summed E-state index contributed by atoms with van der Waals surface area (Å²) in [6.45, 7) is 5.92. The zero-order valence-corrected chi connectivity index (χ0v) is 16.7. The van der Waals surface area contributed by atoms with Gasteiger partial charge in [0.25, 0.3) is 0 Å². The fourth-order valence-corrected chi connectivity index (χ4v) is 5.47. The minimum Gasteiger partial charge on any atom is -0.371 e. The van der Waals surface area contributed by atoms with E-state index < -0.39 is 10.0 Å². The highest BCUT2D eigenvalue weighted by Gasteiger charge is 2.21. The van der Waals surface area contributed by atoms with Crippen molar-refractivity contribution in [2.75, 3.05) is 32.8 Å². The number of nitrogens with one attached hydrogen (secondary N) is 1. The molecule has 1 aromatic heterocycles. The van der Waals surface area contributed by atoms with Crippen LogP contribution in [-0.4, -0.2) is 46.1 Å². The predicted octanol–water partition coefficient (Wildman–Crippen LogP) is 3.19. The van der Waals surface area contributed by atoms with Crippen molar-refractivity contribution in [1.82, 2.24) is 9.62 Å². The molecule has 1 aromatic carbocycles. The van der Waals surface area contributed by atoms with Gasteiger partial charge in [0.1, 0.15) is 4.21 Å². The quantitative estimate of drug-likeness (QED) is 0.699. The van der Waals surface area contributed by atoms with Crippen LogP contribution in [0.3, 0.4) is 0 Å². The Morgan fingerprint density at radius 1 is 1.19 bits per heavy atom. The average Bonchev–Trinajstić information content (AvgIpc) is 3.10. The Morgan fingerprint density at radius 3 is 2.73 bits per heavy atom. The monoisotopic (exact) mass is 394 g/mol. The molecule has 0 amide bonds. The second-order valence-electron chi connectivity index (χ2n) is 6.54. The van der Waals surface area contributed by atoms with Crippen LogP contribution < -0.4 is 4.72 Å². The Morgan fingerprint density at radius 2 is 2.00 bits per heavy atom. The number of morpholine rings is 1. The summed E-state index contributed by atoms with van der Waals surface area (Å²) in [6, 6.07) is 13.8. The summed E-state index contributed by atoms with van der Waals surface area (Å²) < 4.78 is 33.3. The fraction of sp³-hybridized carbons (Fsp3) is 0.474. The maximum Gasteiger partial charge on any atom is 0.250 e. The molecule has 0 aliphatic carbocycles. The number of unbranched alkanes of at least 4 members (excludes halogenated alkanes) is 1. The van der Waals surface area contributed by atoms with Crippen molar-refractivity contribution in [1.29, 1.82) is 0 Å². The lowest BCUT2D eigenvalue weighted by Gasteiger charge is -2.33. The van der Waals surface area contributed by atoms with Gasteiger partial charge in [-0.1, -0.05) is 30.3 Å². The van der Waals surface area contributed by atoms with Gasteiger partial charge in [-0.05, 0) is 44.0 Å². The largest absolute Gasteiger partial charge is 0.371 e. The molecule has 1 atom stereocenters. The normalized spacial score (nSPS) is 18.9. The number of hydrogen-bond acceptors (Lipinski definition) is 5. The van der Waals surface area contributed by atoms with E-state index in [-0.39, 0.29) is 6.10 Å². The Kier molecular flexibility index (Phi) is 6.83. The smallest absolute Gasteiger partial charge is 0.250 e. The van der Waals surface area contributed by atoms with E-state index >= 15 is 0 Å². The molecule has 0 radical (unpaired) electrons. The lowest BCUT2D eigenvalue weighted by molar-refractivity contribution is -0.0303. The molecule has 5 nitrogen and oxygen atoms in total. The SMILES string of the molecule is Cc1ccc(S(=O)(=O)NCCCCN2CCO[C@@H](c3ccccc3)C2)s1. The first-order valence-corrected chi connectivity index (χ1v) is 11.3. The van der Waals surface area contributed by atoms with Crippen LogP contribution >= 0.6 is 11.3 Å². The predicted molar refractivity (Wildman–Crippen MR) is 105 cm³/mol. The first-order valence-electron chi connectivity index (χ1n) is 8.99. The summed E-state index contributed by atoms with van der Waals surface area (Å²) >= 11 is 1.31. The van der Waals surface area contributed by atoms with Crippen LogP contribution in [0.2, 0.25) is 0 Å². The van der Waals surface area contributed by atoms with E-state index in [2.05, 4.69) is 21.8 Å². The summed E-state index contributed by atoms with van der Waals surface area (Å²) in [6.07, 6.45) is 1.93. The second kappa shape index (κ2) is 9.10. The van der Waals surface area contributed by atoms with Crippen LogP contribution in [0.4, 0.5) is 0 Å². The van der Waals surface area contributed by atoms with E-state index in [0.29, 0.717) is 10.8 Å². The summed E-state index contributed by atoms with van der Waals surface area (Å²) in [5.41, 5.74) is 1.22. The van der Waals surface area contributed by atoms with Crippen molar-refractivity contribution in [3.05, 3.63) is 52.9 Å². The Labute approximate surface area is 160 Å². The molecule has 1 N–H and O–H groups in total. The molecule has 26 heavy (non-hydrogen) atoms. The lowest BCUT2D eigenvalue weighted by atomic mass is 10.1. The van der Waals surface area contributed by atoms with E-state index in [4.69, 9.17) is 4.74 Å². The van der Waals surface area contributed by atoms with Crippen LogP contribution in [0.5, 0.6) is 0 Å². The zero-order valence-electron chi connectivity index (χ0n) is 15.1. The van der Waals surface area contributed by atoms with Gasteiger partial charge >= 0.3 is 0 Å². The number of thiophene rings is 1. The number of ether oxygens (including phenoxy) is 1. The summed E-state index contributed by atoms with van der Waals surface area (Å²) in [5, 5.41) is 0. The molecule has 0 saturated carbocycles. The standard InChI is InChI=1S/C19H26N2O3S2/c1-16-9-10-19(25-16)26(22,23)20-11-5-6-12-21-13-14-24-18(15-21)17-7-3-2-4-8-17/h2-4,7-10,18,20H,5-6,11-15H2,1H3/t18-/m1/s1. The number of hydrogen-bond donors (Lipinski definition) is 1. The molecule has 0 bridgehead atoms. The molecule has 1 aliphatic rings. The van der Waals surface area contributed by atoms with E-state index in [1.54, 1.807) is 6.07 Å². The minimum atomic E-state index is -3.35. The fourth-order valence-electron chi connectivity index (χ4n) is 3.07. The van der Waals surface area contributed by atoms with Gasteiger partial charge in [-0.15, -0.1) is 11.3 Å².